The van der Waals surface area contributed by atoms with Crippen LogP contribution in [0.5, 0.6) is 0 Å². The lowest BCUT2D eigenvalue weighted by molar-refractivity contribution is 0.530. The van der Waals surface area contributed by atoms with Crippen LogP contribution in [-0.4, -0.2) is 6.29 Å². The van der Waals surface area contributed by atoms with Crippen molar-refractivity contribution in [2.75, 3.05) is 0 Å². The highest BCUT2D eigenvalue weighted by Crippen LogP contribution is 2.02. The largest absolute Gasteiger partial charge is 0.290 e. The second-order valence-electron chi connectivity index (χ2n) is 1.75. The fraction of sp³-hybridized carbons (Fsp3) is 0.571. The van der Waals surface area contributed by atoms with E-state index < -0.39 is 0 Å². The minimum absolute atomic E-state index is 0.0417. The molecule has 0 aliphatic carbocycles. The second-order valence-corrected chi connectivity index (χ2v) is 1.75. The molecule has 1 radical (unpaired) electrons. The van der Waals surface area contributed by atoms with Gasteiger partial charge in [-0.25, -0.2) is 0 Å². The topological polar surface area (TPSA) is 17.1 Å². The Hall–Kier alpha value is -0.590. The van der Waals surface area contributed by atoms with Crippen molar-refractivity contribution < 1.29 is 4.79 Å². The summed E-state index contributed by atoms with van der Waals surface area (Å²) in [5.74, 6) is -0.0417. The van der Waals surface area contributed by atoms with Gasteiger partial charge >= 0.3 is 0 Å². The molecule has 0 aliphatic rings. The van der Waals surface area contributed by atoms with Gasteiger partial charge in [-0.2, -0.15) is 0 Å². The van der Waals surface area contributed by atoms with E-state index in [0.717, 1.165) is 12.8 Å². The molecule has 45 valence electrons. The monoisotopic (exact) mass is 111 g/mol. The zero-order valence-electron chi connectivity index (χ0n) is 5.18. The smallest absolute Gasteiger partial charge is 0.205 e. The van der Waals surface area contributed by atoms with E-state index in [-0.39, 0.29) is 5.92 Å². The van der Waals surface area contributed by atoms with Crippen LogP contribution < -0.4 is 0 Å². The van der Waals surface area contributed by atoms with E-state index in [9.17, 15) is 4.79 Å². The van der Waals surface area contributed by atoms with Crippen molar-refractivity contribution in [3.63, 3.8) is 0 Å². The summed E-state index contributed by atoms with van der Waals surface area (Å²) in [6.07, 6.45) is 5.42. The summed E-state index contributed by atoms with van der Waals surface area (Å²) in [6.45, 7) is 5.52. The highest BCUT2D eigenvalue weighted by atomic mass is 16.1. The minimum atomic E-state index is -0.0417. The minimum Gasteiger partial charge on any atom is -0.290 e. The lowest BCUT2D eigenvalue weighted by atomic mass is 10.1. The van der Waals surface area contributed by atoms with E-state index in [1.807, 2.05) is 13.2 Å². The zero-order chi connectivity index (χ0) is 6.41. The van der Waals surface area contributed by atoms with Crippen LogP contribution in [0.4, 0.5) is 0 Å². The number of rotatable bonds is 4. The first-order valence-electron chi connectivity index (χ1n) is 2.85. The molecule has 0 amide bonds. The summed E-state index contributed by atoms with van der Waals surface area (Å²) in [6, 6.07) is 0. The number of hydrogen-bond donors (Lipinski definition) is 0. The number of hydrogen-bond acceptors (Lipinski definition) is 1. The highest BCUT2D eigenvalue weighted by molar-refractivity contribution is 5.56. The van der Waals surface area contributed by atoms with Gasteiger partial charge in [0, 0.05) is 5.92 Å². The quantitative estimate of drug-likeness (QED) is 0.504. The molecule has 0 aromatic rings. The lowest BCUT2D eigenvalue weighted by Gasteiger charge is -1.96. The second kappa shape index (κ2) is 4.57. The molecule has 0 saturated carbocycles. The highest BCUT2D eigenvalue weighted by Gasteiger charge is 1.98. The summed E-state index contributed by atoms with van der Waals surface area (Å²) in [4.78, 5) is 9.93. The van der Waals surface area contributed by atoms with Gasteiger partial charge in [0.1, 0.15) is 0 Å². The van der Waals surface area contributed by atoms with Crippen molar-refractivity contribution in [3.05, 3.63) is 12.7 Å². The Balaban J connectivity index is 3.35. The van der Waals surface area contributed by atoms with Crippen molar-refractivity contribution in [2.45, 2.75) is 19.8 Å². The van der Waals surface area contributed by atoms with Crippen LogP contribution in [-0.2, 0) is 4.79 Å². The first-order chi connectivity index (χ1) is 3.85. The van der Waals surface area contributed by atoms with Gasteiger partial charge in [0.2, 0.25) is 6.29 Å². The summed E-state index contributed by atoms with van der Waals surface area (Å²) < 4.78 is 0. The maximum Gasteiger partial charge on any atom is 0.205 e. The van der Waals surface area contributed by atoms with E-state index in [2.05, 4.69) is 6.58 Å². The van der Waals surface area contributed by atoms with Crippen LogP contribution in [0, 0.1) is 5.92 Å². The van der Waals surface area contributed by atoms with Crippen LogP contribution in [0.1, 0.15) is 19.8 Å². The van der Waals surface area contributed by atoms with Crippen molar-refractivity contribution >= 4 is 6.29 Å². The van der Waals surface area contributed by atoms with Crippen molar-refractivity contribution in [1.29, 1.82) is 0 Å². The molecular formula is C7H11O. The van der Waals surface area contributed by atoms with Crippen molar-refractivity contribution in [2.24, 2.45) is 5.92 Å². The van der Waals surface area contributed by atoms with E-state index in [1.54, 1.807) is 6.08 Å². The van der Waals surface area contributed by atoms with Crippen LogP contribution in [0.3, 0.4) is 0 Å². The average molecular weight is 111 g/mol. The number of carbonyl (C=O) groups excluding carboxylic acids is 1. The van der Waals surface area contributed by atoms with E-state index in [0.29, 0.717) is 0 Å². The molecule has 0 aliphatic heterocycles. The molecule has 1 heteroatoms. The Morgan fingerprint density at radius 3 is 2.62 bits per heavy atom. The van der Waals surface area contributed by atoms with Gasteiger partial charge in [-0.1, -0.05) is 19.4 Å². The maximum atomic E-state index is 9.93. The molecule has 1 unspecified atom stereocenters. The molecule has 0 aromatic heterocycles. The van der Waals surface area contributed by atoms with Gasteiger partial charge in [-0.15, -0.1) is 6.58 Å². The fourth-order valence-corrected chi connectivity index (χ4v) is 0.536. The Morgan fingerprint density at radius 2 is 2.50 bits per heavy atom. The molecule has 0 spiro atoms. The third kappa shape index (κ3) is 2.56. The first kappa shape index (κ1) is 7.41. The number of allylic oxidation sites excluding steroid dienone is 1. The predicted octanol–water partition coefficient (Wildman–Crippen LogP) is 1.70. The van der Waals surface area contributed by atoms with Gasteiger partial charge in [-0.3, -0.25) is 4.79 Å². The first-order valence-corrected chi connectivity index (χ1v) is 2.85. The Kier molecular flexibility index (Phi) is 4.23. The SMILES string of the molecule is C=CC([C]=O)CCC. The molecule has 0 fully saturated rings. The molecule has 0 saturated heterocycles. The van der Waals surface area contributed by atoms with Crippen LogP contribution in [0.15, 0.2) is 12.7 Å². The molecule has 1 atom stereocenters. The summed E-state index contributed by atoms with van der Waals surface area (Å²) in [7, 11) is 0. The Bertz CT molecular complexity index is 68.5. The lowest BCUT2D eigenvalue weighted by Crippen LogP contribution is -1.94. The van der Waals surface area contributed by atoms with Crippen molar-refractivity contribution in [3.8, 4) is 0 Å². The maximum absolute atomic E-state index is 9.93. The molecule has 0 aromatic carbocycles. The Morgan fingerprint density at radius 1 is 1.88 bits per heavy atom. The zero-order valence-corrected chi connectivity index (χ0v) is 5.18. The van der Waals surface area contributed by atoms with Crippen molar-refractivity contribution in [1.82, 2.24) is 0 Å². The normalized spacial score (nSPS) is 12.6. The van der Waals surface area contributed by atoms with Gasteiger partial charge < -0.3 is 0 Å². The van der Waals surface area contributed by atoms with Gasteiger partial charge in [0.25, 0.3) is 0 Å². The molecule has 0 rings (SSSR count). The van der Waals surface area contributed by atoms with E-state index >= 15 is 0 Å². The average Bonchev–Trinajstić information content (AvgIpc) is 1.83. The van der Waals surface area contributed by atoms with E-state index in [4.69, 9.17) is 0 Å². The Labute approximate surface area is 50.4 Å². The third-order valence-corrected chi connectivity index (χ3v) is 1.04. The van der Waals surface area contributed by atoms with Gasteiger partial charge in [0.15, 0.2) is 0 Å². The molecule has 0 heterocycles. The van der Waals surface area contributed by atoms with Crippen LogP contribution in [0.2, 0.25) is 0 Å². The molecule has 0 bridgehead atoms. The fourth-order valence-electron chi connectivity index (χ4n) is 0.536. The predicted molar refractivity (Wildman–Crippen MR) is 34.3 cm³/mol. The van der Waals surface area contributed by atoms with Gasteiger partial charge in [-0.05, 0) is 6.42 Å². The van der Waals surface area contributed by atoms with Crippen LogP contribution >= 0.6 is 0 Å². The molecule has 8 heavy (non-hydrogen) atoms. The molecule has 1 nitrogen and oxygen atoms in total. The summed E-state index contributed by atoms with van der Waals surface area (Å²) >= 11 is 0. The molecular weight excluding hydrogens is 100 g/mol. The standard InChI is InChI=1S/C7H11O/c1-3-5-7(4-2)6-8/h4,7H,2-3,5H2,1H3. The van der Waals surface area contributed by atoms with E-state index in [1.165, 1.54) is 0 Å². The third-order valence-electron chi connectivity index (χ3n) is 1.04. The summed E-state index contributed by atoms with van der Waals surface area (Å²) in [5, 5.41) is 0. The van der Waals surface area contributed by atoms with Crippen LogP contribution in [0.25, 0.3) is 0 Å². The van der Waals surface area contributed by atoms with Gasteiger partial charge in [0.05, 0.1) is 0 Å². The molecule has 0 N–H and O–H groups in total. The summed E-state index contributed by atoms with van der Waals surface area (Å²) in [5.41, 5.74) is 0.